The Bertz CT molecular complexity index is 1000. The van der Waals surface area contributed by atoms with E-state index in [4.69, 9.17) is 0 Å². The van der Waals surface area contributed by atoms with Crippen LogP contribution in [0.15, 0.2) is 30.2 Å². The molecule has 1 unspecified atom stereocenters. The zero-order chi connectivity index (χ0) is 15.3. The minimum Gasteiger partial charge on any atom is -0.258 e. The number of hydrogen-bond acceptors (Lipinski definition) is 7. The van der Waals surface area contributed by atoms with E-state index in [0.717, 1.165) is 15.9 Å². The van der Waals surface area contributed by atoms with Crippen LogP contribution < -0.4 is 0 Å². The monoisotopic (exact) mass is 315 g/mol. The lowest BCUT2D eigenvalue weighted by Gasteiger charge is -2.05. The molecule has 4 aromatic heterocycles. The Balaban J connectivity index is 1.80. The van der Waals surface area contributed by atoms with Crippen LogP contribution in [0.1, 0.15) is 18.8 Å². The van der Waals surface area contributed by atoms with Crippen molar-refractivity contribution in [3.05, 3.63) is 46.1 Å². The van der Waals surface area contributed by atoms with E-state index in [1.165, 1.54) is 28.4 Å². The van der Waals surface area contributed by atoms with Crippen LogP contribution in [0, 0.1) is 10.1 Å². The molecule has 4 heterocycles. The molecule has 0 saturated carbocycles. The Hall–Kier alpha value is -2.88. The second-order valence-corrected chi connectivity index (χ2v) is 5.63. The molecular weight excluding hydrogens is 306 g/mol. The third-order valence-electron chi connectivity index (χ3n) is 3.39. The largest absolute Gasteiger partial charge is 0.307 e. The highest BCUT2D eigenvalue weighted by molar-refractivity contribution is 7.16. The minimum atomic E-state index is -0.480. The Morgan fingerprint density at radius 3 is 3.09 bits per heavy atom. The first kappa shape index (κ1) is 12.8. The summed E-state index contributed by atoms with van der Waals surface area (Å²) in [5, 5.41) is 22.0. The van der Waals surface area contributed by atoms with Crippen LogP contribution in [0.2, 0.25) is 0 Å². The van der Waals surface area contributed by atoms with Crippen molar-refractivity contribution in [3.63, 3.8) is 0 Å². The second kappa shape index (κ2) is 4.56. The third-order valence-corrected chi connectivity index (χ3v) is 4.21. The lowest BCUT2D eigenvalue weighted by molar-refractivity contribution is -0.385. The molecule has 22 heavy (non-hydrogen) atoms. The van der Waals surface area contributed by atoms with Gasteiger partial charge in [-0.3, -0.25) is 14.8 Å². The average Bonchev–Trinajstić information content (AvgIpc) is 3.22. The first-order valence-electron chi connectivity index (χ1n) is 6.40. The highest BCUT2D eigenvalue weighted by Gasteiger charge is 2.19. The van der Waals surface area contributed by atoms with E-state index >= 15 is 0 Å². The number of fused-ring (bicyclic) bond motifs is 3. The first-order valence-corrected chi connectivity index (χ1v) is 7.28. The molecule has 0 aliphatic carbocycles. The Kier molecular flexibility index (Phi) is 2.66. The number of nitro groups is 1. The fourth-order valence-electron chi connectivity index (χ4n) is 2.21. The summed E-state index contributed by atoms with van der Waals surface area (Å²) in [4.78, 5) is 20.0. The Labute approximate surface area is 127 Å². The summed E-state index contributed by atoms with van der Waals surface area (Å²) < 4.78 is 3.09. The molecule has 0 aliphatic heterocycles. The quantitative estimate of drug-likeness (QED) is 0.423. The van der Waals surface area contributed by atoms with Crippen LogP contribution in [-0.2, 0) is 0 Å². The summed E-state index contributed by atoms with van der Waals surface area (Å²) in [5.41, 5.74) is 0.660. The van der Waals surface area contributed by atoms with Gasteiger partial charge in [-0.25, -0.2) is 14.5 Å². The van der Waals surface area contributed by atoms with Crippen LogP contribution >= 0.6 is 11.3 Å². The molecule has 0 spiro atoms. The molecule has 10 heteroatoms. The van der Waals surface area contributed by atoms with E-state index in [9.17, 15) is 10.1 Å². The molecule has 0 bridgehead atoms. The van der Waals surface area contributed by atoms with Crippen molar-refractivity contribution in [1.82, 2.24) is 29.4 Å². The maximum Gasteiger partial charge on any atom is 0.307 e. The Morgan fingerprint density at radius 1 is 1.45 bits per heavy atom. The molecule has 1 atom stereocenters. The molecule has 0 aromatic carbocycles. The zero-order valence-electron chi connectivity index (χ0n) is 11.3. The van der Waals surface area contributed by atoms with Crippen LogP contribution in [0.25, 0.3) is 15.9 Å². The number of rotatable bonds is 3. The van der Waals surface area contributed by atoms with Gasteiger partial charge in [0.05, 0.1) is 10.3 Å². The molecule has 110 valence electrons. The summed E-state index contributed by atoms with van der Waals surface area (Å²) in [6.45, 7) is 1.84. The lowest BCUT2D eigenvalue weighted by Crippen LogP contribution is -2.09. The zero-order valence-corrected chi connectivity index (χ0v) is 12.1. The van der Waals surface area contributed by atoms with Crippen molar-refractivity contribution in [2.45, 2.75) is 13.0 Å². The van der Waals surface area contributed by atoms with Gasteiger partial charge in [-0.05, 0) is 18.4 Å². The lowest BCUT2D eigenvalue weighted by atomic mass is 10.3. The summed E-state index contributed by atoms with van der Waals surface area (Å²) in [5.74, 6) is 0.526. The fourth-order valence-corrected chi connectivity index (χ4v) is 2.94. The van der Waals surface area contributed by atoms with E-state index < -0.39 is 4.92 Å². The van der Waals surface area contributed by atoms with Crippen molar-refractivity contribution < 1.29 is 4.92 Å². The van der Waals surface area contributed by atoms with Gasteiger partial charge in [0.2, 0.25) is 0 Å². The molecule has 0 saturated heterocycles. The van der Waals surface area contributed by atoms with Crippen LogP contribution in [-0.4, -0.2) is 34.3 Å². The molecule has 0 radical (unpaired) electrons. The molecule has 9 nitrogen and oxygen atoms in total. The molecule has 4 rings (SSSR count). The van der Waals surface area contributed by atoms with Crippen LogP contribution in [0.3, 0.4) is 0 Å². The van der Waals surface area contributed by atoms with Crippen molar-refractivity contribution in [2.75, 3.05) is 0 Å². The average molecular weight is 315 g/mol. The van der Waals surface area contributed by atoms with Gasteiger partial charge in [0.25, 0.3) is 0 Å². The maximum absolute atomic E-state index is 10.7. The third kappa shape index (κ3) is 1.84. The van der Waals surface area contributed by atoms with Gasteiger partial charge in [0.1, 0.15) is 29.6 Å². The number of thiophene rings is 1. The minimum absolute atomic E-state index is 0.0579. The van der Waals surface area contributed by atoms with Crippen molar-refractivity contribution in [2.24, 2.45) is 0 Å². The van der Waals surface area contributed by atoms with E-state index in [2.05, 4.69) is 20.2 Å². The normalized spacial score (nSPS) is 13.0. The van der Waals surface area contributed by atoms with Crippen molar-refractivity contribution >= 4 is 32.9 Å². The predicted molar refractivity (Wildman–Crippen MR) is 78.9 cm³/mol. The van der Waals surface area contributed by atoms with E-state index in [0.29, 0.717) is 5.82 Å². The smallest absolute Gasteiger partial charge is 0.258 e. The number of nitrogens with zero attached hydrogens (tertiary/aromatic N) is 7. The van der Waals surface area contributed by atoms with Gasteiger partial charge in [-0.1, -0.05) is 0 Å². The van der Waals surface area contributed by atoms with Gasteiger partial charge >= 0.3 is 5.69 Å². The highest BCUT2D eigenvalue weighted by Crippen LogP contribution is 2.23. The van der Waals surface area contributed by atoms with Gasteiger partial charge in [0.15, 0.2) is 11.5 Å². The Morgan fingerprint density at radius 2 is 2.32 bits per heavy atom. The SMILES string of the molecule is CC(c1nc2c3ccsc3ncn2n1)n1cc([N+](=O)[O-])cn1. The van der Waals surface area contributed by atoms with Gasteiger partial charge in [-0.15, -0.1) is 16.4 Å². The molecule has 0 N–H and O–H groups in total. The first-order chi connectivity index (χ1) is 10.6. The summed E-state index contributed by atoms with van der Waals surface area (Å²) >= 11 is 1.54. The molecule has 0 fully saturated rings. The van der Waals surface area contributed by atoms with E-state index in [-0.39, 0.29) is 11.7 Å². The van der Waals surface area contributed by atoms with Gasteiger partial charge in [-0.2, -0.15) is 5.10 Å². The van der Waals surface area contributed by atoms with Gasteiger partial charge in [0, 0.05) is 0 Å². The predicted octanol–water partition coefficient (Wildman–Crippen LogP) is 2.05. The number of hydrogen-bond donors (Lipinski definition) is 0. The van der Waals surface area contributed by atoms with E-state index in [1.54, 1.807) is 10.8 Å². The molecule has 0 aliphatic rings. The van der Waals surface area contributed by atoms with Crippen LogP contribution in [0.4, 0.5) is 5.69 Å². The number of aromatic nitrogens is 6. The topological polar surface area (TPSA) is 104 Å². The van der Waals surface area contributed by atoms with Crippen molar-refractivity contribution in [3.8, 4) is 0 Å². The standard InChI is InChI=1S/C12H9N7O2S/c1-7(17-5-8(4-14-17)19(20)21)10-15-11-9-2-3-22-12(9)13-6-18(11)16-10/h2-7H,1H3. The second-order valence-electron chi connectivity index (χ2n) is 4.73. The molecule has 0 amide bonds. The maximum atomic E-state index is 10.7. The van der Waals surface area contributed by atoms with E-state index in [1.807, 2.05) is 18.4 Å². The van der Waals surface area contributed by atoms with Gasteiger partial charge < -0.3 is 0 Å². The summed E-state index contributed by atoms with van der Waals surface area (Å²) in [6, 6.07) is 1.63. The highest BCUT2D eigenvalue weighted by atomic mass is 32.1. The molecular formula is C12H9N7O2S. The summed E-state index contributed by atoms with van der Waals surface area (Å²) in [6.07, 6.45) is 4.20. The van der Waals surface area contributed by atoms with Crippen LogP contribution in [0.5, 0.6) is 0 Å². The molecule has 4 aromatic rings. The fraction of sp³-hybridized carbons (Fsp3) is 0.167. The summed E-state index contributed by atoms with van der Waals surface area (Å²) in [7, 11) is 0. The van der Waals surface area contributed by atoms with Crippen molar-refractivity contribution in [1.29, 1.82) is 0 Å².